The number of fused-ring (bicyclic) bond motifs is 3. The summed E-state index contributed by atoms with van der Waals surface area (Å²) < 4.78 is 16.6. The number of anilines is 1. The molecule has 0 unspecified atom stereocenters. The van der Waals surface area contributed by atoms with Crippen molar-refractivity contribution >= 4 is 39.7 Å². The van der Waals surface area contributed by atoms with Gasteiger partial charge in [0.2, 0.25) is 11.9 Å². The van der Waals surface area contributed by atoms with Gasteiger partial charge in [-0.25, -0.2) is 13.8 Å². The Labute approximate surface area is 205 Å². The molecule has 3 aromatic heterocycles. The van der Waals surface area contributed by atoms with Gasteiger partial charge in [0.1, 0.15) is 5.82 Å². The highest BCUT2D eigenvalue weighted by atomic mass is 32.1. The van der Waals surface area contributed by atoms with Crippen molar-refractivity contribution in [2.75, 3.05) is 31.1 Å². The molecular formula is C26H23FN6OS. The molecule has 176 valence electrons. The minimum absolute atomic E-state index is 0.141. The van der Waals surface area contributed by atoms with Gasteiger partial charge in [0.15, 0.2) is 11.5 Å². The minimum Gasteiger partial charge on any atom is -0.341 e. The molecule has 6 rings (SSSR count). The molecular weight excluding hydrogens is 463 g/mol. The molecule has 0 N–H and O–H groups in total. The van der Waals surface area contributed by atoms with E-state index in [1.54, 1.807) is 29.5 Å². The summed E-state index contributed by atoms with van der Waals surface area (Å²) in [5.41, 5.74) is 1.82. The predicted molar refractivity (Wildman–Crippen MR) is 135 cm³/mol. The van der Waals surface area contributed by atoms with E-state index in [1.165, 1.54) is 6.07 Å². The Kier molecular flexibility index (Phi) is 5.61. The molecule has 1 aliphatic rings. The highest BCUT2D eigenvalue weighted by molar-refractivity contribution is 7.10. The van der Waals surface area contributed by atoms with Crippen LogP contribution in [0.1, 0.15) is 11.3 Å². The monoisotopic (exact) mass is 486 g/mol. The molecule has 1 saturated heterocycles. The van der Waals surface area contributed by atoms with Gasteiger partial charge in [-0.2, -0.15) is 0 Å². The fourth-order valence-electron chi connectivity index (χ4n) is 4.64. The molecule has 7 nitrogen and oxygen atoms in total. The molecule has 4 heterocycles. The van der Waals surface area contributed by atoms with Crippen LogP contribution in [0.4, 0.5) is 10.3 Å². The average molecular weight is 487 g/mol. The van der Waals surface area contributed by atoms with E-state index in [0.717, 1.165) is 28.7 Å². The number of aromatic nitrogens is 4. The maximum atomic E-state index is 14.8. The molecule has 0 radical (unpaired) electrons. The SMILES string of the molecule is O=C(Cc1cccs1)N1CCCN(c2nc3ccccc3c3nnc(-c4ccccc4F)n23)CC1. The van der Waals surface area contributed by atoms with Gasteiger partial charge < -0.3 is 9.80 Å². The fraction of sp³-hybridized carbons (Fsp3) is 0.231. The molecule has 0 saturated carbocycles. The van der Waals surface area contributed by atoms with E-state index in [9.17, 15) is 9.18 Å². The van der Waals surface area contributed by atoms with Crippen molar-refractivity contribution in [1.82, 2.24) is 24.5 Å². The van der Waals surface area contributed by atoms with Gasteiger partial charge in [0.25, 0.3) is 0 Å². The second-order valence-corrected chi connectivity index (χ2v) is 9.60. The molecule has 1 fully saturated rings. The fourth-order valence-corrected chi connectivity index (χ4v) is 5.33. The molecule has 0 atom stereocenters. The average Bonchev–Trinajstić information content (AvgIpc) is 3.48. The zero-order valence-electron chi connectivity index (χ0n) is 19.0. The third-order valence-electron chi connectivity index (χ3n) is 6.38. The summed E-state index contributed by atoms with van der Waals surface area (Å²) in [7, 11) is 0. The van der Waals surface area contributed by atoms with Crippen LogP contribution in [0.3, 0.4) is 0 Å². The molecule has 1 aliphatic heterocycles. The lowest BCUT2D eigenvalue weighted by molar-refractivity contribution is -0.130. The van der Waals surface area contributed by atoms with Crippen molar-refractivity contribution in [3.05, 3.63) is 76.7 Å². The number of thiophene rings is 1. The van der Waals surface area contributed by atoms with E-state index >= 15 is 0 Å². The van der Waals surface area contributed by atoms with Crippen molar-refractivity contribution in [3.8, 4) is 11.4 Å². The standard InChI is InChI=1S/C26H23FN6OS/c27-21-10-3-1-8-19(21)24-29-30-25-20-9-2-4-11-22(20)28-26(33(24)25)32-13-6-12-31(14-15-32)23(34)17-18-7-5-16-35-18/h1-5,7-11,16H,6,12-15,17H2. The number of carbonyl (C=O) groups excluding carboxylic acids is 1. The Morgan fingerprint density at radius 1 is 0.943 bits per heavy atom. The van der Waals surface area contributed by atoms with Crippen molar-refractivity contribution in [3.63, 3.8) is 0 Å². The molecule has 5 aromatic rings. The quantitative estimate of drug-likeness (QED) is 0.376. The lowest BCUT2D eigenvalue weighted by atomic mass is 10.2. The smallest absolute Gasteiger partial charge is 0.227 e. The maximum absolute atomic E-state index is 14.8. The van der Waals surface area contributed by atoms with Gasteiger partial charge in [0, 0.05) is 36.4 Å². The second-order valence-electron chi connectivity index (χ2n) is 8.57. The van der Waals surface area contributed by atoms with Crippen LogP contribution in [0, 0.1) is 5.82 Å². The van der Waals surface area contributed by atoms with Crippen molar-refractivity contribution in [2.45, 2.75) is 12.8 Å². The number of rotatable bonds is 4. The van der Waals surface area contributed by atoms with Crippen LogP contribution < -0.4 is 4.90 Å². The van der Waals surface area contributed by atoms with Crippen LogP contribution >= 0.6 is 11.3 Å². The lowest BCUT2D eigenvalue weighted by Gasteiger charge is -2.24. The van der Waals surface area contributed by atoms with Crippen molar-refractivity contribution in [2.24, 2.45) is 0 Å². The third-order valence-corrected chi connectivity index (χ3v) is 7.26. The molecule has 1 amide bonds. The number of amides is 1. The number of hydrogen-bond acceptors (Lipinski definition) is 6. The van der Waals surface area contributed by atoms with Crippen molar-refractivity contribution < 1.29 is 9.18 Å². The van der Waals surface area contributed by atoms with Crippen LogP contribution in [-0.4, -0.2) is 56.6 Å². The maximum Gasteiger partial charge on any atom is 0.227 e. The number of hydrogen-bond donors (Lipinski definition) is 0. The molecule has 0 spiro atoms. The Balaban J connectivity index is 1.39. The largest absolute Gasteiger partial charge is 0.341 e. The summed E-state index contributed by atoms with van der Waals surface area (Å²) in [5, 5.41) is 11.7. The van der Waals surface area contributed by atoms with E-state index < -0.39 is 0 Å². The first-order chi connectivity index (χ1) is 17.2. The van der Waals surface area contributed by atoms with Gasteiger partial charge in [-0.1, -0.05) is 30.3 Å². The van der Waals surface area contributed by atoms with Crippen LogP contribution in [-0.2, 0) is 11.2 Å². The third kappa shape index (κ3) is 4.01. The number of carbonyl (C=O) groups is 1. The van der Waals surface area contributed by atoms with E-state index in [2.05, 4.69) is 15.1 Å². The molecule has 35 heavy (non-hydrogen) atoms. The second kappa shape index (κ2) is 9.07. The number of para-hydroxylation sites is 1. The Bertz CT molecular complexity index is 1520. The van der Waals surface area contributed by atoms with E-state index in [1.807, 2.05) is 51.1 Å². The summed E-state index contributed by atoms with van der Waals surface area (Å²) in [6.45, 7) is 2.63. The van der Waals surface area contributed by atoms with Crippen LogP contribution in [0.15, 0.2) is 66.0 Å². The van der Waals surface area contributed by atoms with Gasteiger partial charge in [-0.3, -0.25) is 4.79 Å². The summed E-state index contributed by atoms with van der Waals surface area (Å²) >= 11 is 1.61. The van der Waals surface area contributed by atoms with Crippen molar-refractivity contribution in [1.29, 1.82) is 0 Å². The van der Waals surface area contributed by atoms with Gasteiger partial charge >= 0.3 is 0 Å². The Hall–Kier alpha value is -3.85. The lowest BCUT2D eigenvalue weighted by Crippen LogP contribution is -2.36. The topological polar surface area (TPSA) is 66.6 Å². The Morgan fingerprint density at radius 2 is 1.80 bits per heavy atom. The van der Waals surface area contributed by atoms with Gasteiger partial charge in [-0.05, 0) is 42.1 Å². The van der Waals surface area contributed by atoms with Crippen LogP contribution in [0.25, 0.3) is 27.9 Å². The molecule has 0 aliphatic carbocycles. The highest BCUT2D eigenvalue weighted by Gasteiger charge is 2.25. The van der Waals surface area contributed by atoms with E-state index in [0.29, 0.717) is 49.0 Å². The first-order valence-electron chi connectivity index (χ1n) is 11.6. The normalized spacial score (nSPS) is 14.5. The molecule has 9 heteroatoms. The zero-order chi connectivity index (χ0) is 23.8. The van der Waals surface area contributed by atoms with Crippen LogP contribution in [0.2, 0.25) is 0 Å². The van der Waals surface area contributed by atoms with Crippen LogP contribution in [0.5, 0.6) is 0 Å². The molecule has 0 bridgehead atoms. The summed E-state index contributed by atoms with van der Waals surface area (Å²) in [4.78, 5) is 23.1. The number of nitrogens with zero attached hydrogens (tertiary/aromatic N) is 6. The summed E-state index contributed by atoms with van der Waals surface area (Å²) in [6, 6.07) is 18.3. The zero-order valence-corrected chi connectivity index (χ0v) is 19.8. The highest BCUT2D eigenvalue weighted by Crippen LogP contribution is 2.30. The minimum atomic E-state index is -0.359. The number of benzene rings is 2. The summed E-state index contributed by atoms with van der Waals surface area (Å²) in [6.07, 6.45) is 1.24. The van der Waals surface area contributed by atoms with E-state index in [-0.39, 0.29) is 11.7 Å². The van der Waals surface area contributed by atoms with Gasteiger partial charge in [0.05, 0.1) is 17.5 Å². The Morgan fingerprint density at radius 3 is 2.66 bits per heavy atom. The summed E-state index contributed by atoms with van der Waals surface area (Å²) in [5.74, 6) is 0.861. The molecule has 2 aromatic carbocycles. The van der Waals surface area contributed by atoms with Gasteiger partial charge in [-0.15, -0.1) is 21.5 Å². The predicted octanol–water partition coefficient (Wildman–Crippen LogP) is 4.43. The van der Waals surface area contributed by atoms with E-state index in [4.69, 9.17) is 4.98 Å². The first-order valence-corrected chi connectivity index (χ1v) is 12.5. The number of halogens is 1. The first kappa shape index (κ1) is 21.7.